The van der Waals surface area contributed by atoms with Gasteiger partial charge in [0.05, 0.1) is 18.8 Å². The Kier molecular flexibility index (Phi) is 7.45. The Balaban J connectivity index is 1.63. The topological polar surface area (TPSA) is 105 Å². The van der Waals surface area contributed by atoms with Gasteiger partial charge in [-0.1, -0.05) is 6.08 Å². The smallest absolute Gasteiger partial charge is 0.414 e. The van der Waals surface area contributed by atoms with Gasteiger partial charge in [-0.2, -0.15) is 0 Å². The fraction of sp³-hybridized carbons (Fsp3) is 0.455. The first-order chi connectivity index (χ1) is 15.2. The standard InChI is InChI=1S/C22H26FN3O6/c1-14(27)24-11-18-12-26(22(30)32-18)17-5-6-19(20(23)10-17)16-4-3-8-25(9-7-16)21(29)13-31-15(2)28/h4-6,10,18H,3,7-9,11-13H2,1-2H3,(H,24,27). The molecule has 0 bridgehead atoms. The van der Waals surface area contributed by atoms with Gasteiger partial charge in [0.15, 0.2) is 6.61 Å². The minimum Gasteiger partial charge on any atom is -0.456 e. The lowest BCUT2D eigenvalue weighted by molar-refractivity contribution is -0.150. The molecule has 1 saturated heterocycles. The summed E-state index contributed by atoms with van der Waals surface area (Å²) in [6.07, 6.45) is 1.79. The summed E-state index contributed by atoms with van der Waals surface area (Å²) >= 11 is 0. The van der Waals surface area contributed by atoms with Gasteiger partial charge >= 0.3 is 12.1 Å². The van der Waals surface area contributed by atoms with E-state index in [-0.39, 0.29) is 31.5 Å². The van der Waals surface area contributed by atoms with E-state index in [9.17, 15) is 23.6 Å². The number of benzene rings is 1. The molecular formula is C22H26FN3O6. The third-order valence-electron chi connectivity index (χ3n) is 5.26. The van der Waals surface area contributed by atoms with Gasteiger partial charge < -0.3 is 19.7 Å². The first kappa shape index (κ1) is 23.2. The molecule has 1 aromatic rings. The van der Waals surface area contributed by atoms with Crippen molar-refractivity contribution in [3.63, 3.8) is 0 Å². The predicted molar refractivity (Wildman–Crippen MR) is 113 cm³/mol. The largest absolute Gasteiger partial charge is 0.456 e. The predicted octanol–water partition coefficient (Wildman–Crippen LogP) is 1.86. The van der Waals surface area contributed by atoms with Gasteiger partial charge in [-0.25, -0.2) is 9.18 Å². The number of nitrogens with zero attached hydrogens (tertiary/aromatic N) is 2. The van der Waals surface area contributed by atoms with Gasteiger partial charge in [-0.3, -0.25) is 19.3 Å². The van der Waals surface area contributed by atoms with Gasteiger partial charge in [0.2, 0.25) is 5.91 Å². The first-order valence-corrected chi connectivity index (χ1v) is 10.4. The normalized spacial score (nSPS) is 18.5. The molecule has 9 nitrogen and oxygen atoms in total. The van der Waals surface area contributed by atoms with E-state index >= 15 is 0 Å². The Labute approximate surface area is 185 Å². The van der Waals surface area contributed by atoms with E-state index in [0.717, 1.165) is 5.57 Å². The van der Waals surface area contributed by atoms with E-state index in [1.807, 2.05) is 6.08 Å². The van der Waals surface area contributed by atoms with Crippen molar-refractivity contribution in [2.24, 2.45) is 0 Å². The van der Waals surface area contributed by atoms with Gasteiger partial charge in [-0.05, 0) is 36.6 Å². The van der Waals surface area contributed by atoms with E-state index < -0.39 is 24.0 Å². The molecule has 1 fully saturated rings. The Morgan fingerprint density at radius 1 is 1.25 bits per heavy atom. The van der Waals surface area contributed by atoms with Crippen molar-refractivity contribution in [2.45, 2.75) is 32.8 Å². The third-order valence-corrected chi connectivity index (χ3v) is 5.26. The number of anilines is 1. The van der Waals surface area contributed by atoms with Crippen molar-refractivity contribution in [2.75, 3.05) is 37.7 Å². The van der Waals surface area contributed by atoms with Gasteiger partial charge in [0.25, 0.3) is 5.91 Å². The van der Waals surface area contributed by atoms with Crippen LogP contribution in [0.2, 0.25) is 0 Å². The molecule has 1 atom stereocenters. The van der Waals surface area contributed by atoms with Crippen molar-refractivity contribution in [3.8, 4) is 0 Å². The lowest BCUT2D eigenvalue weighted by atomic mass is 10.0. The maximum Gasteiger partial charge on any atom is 0.414 e. The SMILES string of the molecule is CC(=O)NCC1CN(c2ccc(C3=CCCN(C(=O)COC(C)=O)CC3)c(F)c2)C(=O)O1. The van der Waals surface area contributed by atoms with E-state index in [1.54, 1.807) is 17.0 Å². The number of hydrogen-bond donors (Lipinski definition) is 1. The van der Waals surface area contributed by atoms with Crippen molar-refractivity contribution < 1.29 is 33.0 Å². The Hall–Kier alpha value is -3.43. The van der Waals surface area contributed by atoms with Crippen LogP contribution in [0.4, 0.5) is 14.9 Å². The highest BCUT2D eigenvalue weighted by Crippen LogP contribution is 2.29. The highest BCUT2D eigenvalue weighted by Gasteiger charge is 2.33. The molecule has 0 saturated carbocycles. The van der Waals surface area contributed by atoms with E-state index in [2.05, 4.69) is 5.32 Å². The number of halogens is 1. The number of carbonyl (C=O) groups excluding carboxylic acids is 4. The molecule has 2 aliphatic rings. The minimum atomic E-state index is -0.594. The van der Waals surface area contributed by atoms with Crippen LogP contribution in [0.15, 0.2) is 24.3 Å². The van der Waals surface area contributed by atoms with Crippen LogP contribution in [-0.4, -0.2) is 67.7 Å². The molecular weight excluding hydrogens is 421 g/mol. The third kappa shape index (κ3) is 5.83. The van der Waals surface area contributed by atoms with Crippen LogP contribution in [0.3, 0.4) is 0 Å². The molecule has 3 rings (SSSR count). The summed E-state index contributed by atoms with van der Waals surface area (Å²) in [6, 6.07) is 4.55. The number of rotatable bonds is 6. The molecule has 172 valence electrons. The molecule has 1 N–H and O–H groups in total. The number of carbonyl (C=O) groups is 4. The Bertz CT molecular complexity index is 948. The second kappa shape index (κ2) is 10.3. The second-order valence-corrected chi connectivity index (χ2v) is 7.65. The van der Waals surface area contributed by atoms with E-state index in [1.165, 1.54) is 24.8 Å². The number of amides is 3. The Morgan fingerprint density at radius 2 is 2.03 bits per heavy atom. The average Bonchev–Trinajstić information content (AvgIpc) is 2.94. The highest BCUT2D eigenvalue weighted by molar-refractivity contribution is 5.90. The summed E-state index contributed by atoms with van der Waals surface area (Å²) in [6.45, 7) is 3.56. The molecule has 2 aliphatic heterocycles. The number of esters is 1. The second-order valence-electron chi connectivity index (χ2n) is 7.65. The zero-order valence-electron chi connectivity index (χ0n) is 18.1. The summed E-state index contributed by atoms with van der Waals surface area (Å²) in [5, 5.41) is 2.60. The van der Waals surface area contributed by atoms with Gasteiger partial charge in [0, 0.05) is 32.5 Å². The highest BCUT2D eigenvalue weighted by atomic mass is 19.1. The molecule has 1 aromatic carbocycles. The monoisotopic (exact) mass is 447 g/mol. The van der Waals surface area contributed by atoms with Crippen molar-refractivity contribution in [1.29, 1.82) is 0 Å². The molecule has 3 amide bonds. The summed E-state index contributed by atoms with van der Waals surface area (Å²) in [5.74, 6) is -1.51. The van der Waals surface area contributed by atoms with Gasteiger partial charge in [0.1, 0.15) is 11.9 Å². The summed E-state index contributed by atoms with van der Waals surface area (Å²) in [4.78, 5) is 49.2. The van der Waals surface area contributed by atoms with Gasteiger partial charge in [-0.15, -0.1) is 0 Å². The maximum atomic E-state index is 14.9. The van der Waals surface area contributed by atoms with Crippen molar-refractivity contribution in [1.82, 2.24) is 10.2 Å². The summed E-state index contributed by atoms with van der Waals surface area (Å²) in [7, 11) is 0. The number of nitrogens with one attached hydrogen (secondary N) is 1. The molecule has 2 heterocycles. The Morgan fingerprint density at radius 3 is 2.72 bits per heavy atom. The zero-order chi connectivity index (χ0) is 23.3. The summed E-state index contributed by atoms with van der Waals surface area (Å²) in [5.41, 5.74) is 1.55. The summed E-state index contributed by atoms with van der Waals surface area (Å²) < 4.78 is 24.9. The van der Waals surface area contributed by atoms with Crippen LogP contribution in [0.25, 0.3) is 5.57 Å². The van der Waals surface area contributed by atoms with Crippen molar-refractivity contribution >= 4 is 35.1 Å². The fourth-order valence-electron chi connectivity index (χ4n) is 3.64. The minimum absolute atomic E-state index is 0.192. The molecule has 0 aromatic heterocycles. The van der Waals surface area contributed by atoms with E-state index in [4.69, 9.17) is 9.47 Å². The molecule has 1 unspecified atom stereocenters. The molecule has 10 heteroatoms. The lowest BCUT2D eigenvalue weighted by Gasteiger charge is -2.20. The zero-order valence-corrected chi connectivity index (χ0v) is 18.1. The number of hydrogen-bond acceptors (Lipinski definition) is 6. The molecule has 0 spiro atoms. The van der Waals surface area contributed by atoms with Crippen LogP contribution < -0.4 is 10.2 Å². The van der Waals surface area contributed by atoms with Crippen LogP contribution in [-0.2, 0) is 23.9 Å². The number of cyclic esters (lactones) is 1. The van der Waals surface area contributed by atoms with Crippen LogP contribution in [0.1, 0.15) is 32.3 Å². The van der Waals surface area contributed by atoms with Crippen LogP contribution in [0, 0.1) is 5.82 Å². The average molecular weight is 447 g/mol. The van der Waals surface area contributed by atoms with Crippen molar-refractivity contribution in [3.05, 3.63) is 35.7 Å². The van der Waals surface area contributed by atoms with Crippen LogP contribution >= 0.6 is 0 Å². The lowest BCUT2D eigenvalue weighted by Crippen LogP contribution is -2.35. The first-order valence-electron chi connectivity index (χ1n) is 10.4. The molecule has 32 heavy (non-hydrogen) atoms. The quantitative estimate of drug-likeness (QED) is 0.668. The van der Waals surface area contributed by atoms with E-state index in [0.29, 0.717) is 37.2 Å². The fourth-order valence-corrected chi connectivity index (χ4v) is 3.64. The van der Waals surface area contributed by atoms with Crippen LogP contribution in [0.5, 0.6) is 0 Å². The molecule has 0 aliphatic carbocycles. The maximum absolute atomic E-state index is 14.9. The number of ether oxygens (including phenoxy) is 2. The molecule has 0 radical (unpaired) electrons.